The highest BCUT2D eigenvalue weighted by Gasteiger charge is 2.17. The summed E-state index contributed by atoms with van der Waals surface area (Å²) in [6, 6.07) is 8.74. The maximum Gasteiger partial charge on any atom is 0.333 e. The Morgan fingerprint density at radius 1 is 1.03 bits per heavy atom. The fraction of sp³-hybridized carbons (Fsp3) is 0.261. The molecule has 1 amide bonds. The number of amides is 1. The molecule has 4 aromatic rings. The highest BCUT2D eigenvalue weighted by atomic mass is 19.3. The Kier molecular flexibility index (Phi) is 5.84. The van der Waals surface area contributed by atoms with E-state index in [0.29, 0.717) is 26.9 Å². The van der Waals surface area contributed by atoms with Gasteiger partial charge in [-0.25, -0.2) is 19.6 Å². The molecule has 0 aliphatic carbocycles. The first kappa shape index (κ1) is 21.8. The van der Waals surface area contributed by atoms with Crippen LogP contribution in [0.15, 0.2) is 55.1 Å². The van der Waals surface area contributed by atoms with Gasteiger partial charge in [0.15, 0.2) is 0 Å². The number of nitrogens with zero attached hydrogens (tertiary/aromatic N) is 7. The van der Waals surface area contributed by atoms with Crippen LogP contribution in [0.2, 0.25) is 0 Å². The molecular formula is C23H22F2N8O. The van der Waals surface area contributed by atoms with Crippen LogP contribution < -0.4 is 10.2 Å². The van der Waals surface area contributed by atoms with Gasteiger partial charge in [-0.3, -0.25) is 10.1 Å². The number of pyridine rings is 1. The third-order valence-corrected chi connectivity index (χ3v) is 5.78. The van der Waals surface area contributed by atoms with Crippen molar-refractivity contribution in [2.75, 3.05) is 43.4 Å². The summed E-state index contributed by atoms with van der Waals surface area (Å²) in [5, 5.41) is 7.16. The molecule has 3 aromatic heterocycles. The molecule has 1 aliphatic heterocycles. The number of piperazine rings is 1. The van der Waals surface area contributed by atoms with Crippen LogP contribution in [0.1, 0.15) is 16.9 Å². The van der Waals surface area contributed by atoms with Crippen molar-refractivity contribution >= 4 is 28.6 Å². The number of anilines is 2. The highest BCUT2D eigenvalue weighted by molar-refractivity contribution is 6.04. The lowest BCUT2D eigenvalue weighted by atomic mass is 10.1. The van der Waals surface area contributed by atoms with Crippen LogP contribution in [0.3, 0.4) is 0 Å². The largest absolute Gasteiger partial charge is 0.354 e. The number of aromatic nitrogens is 5. The zero-order valence-corrected chi connectivity index (χ0v) is 18.4. The molecule has 0 spiro atoms. The van der Waals surface area contributed by atoms with Crippen LogP contribution in [0.5, 0.6) is 0 Å². The second-order valence-corrected chi connectivity index (χ2v) is 8.10. The Hall–Kier alpha value is -3.99. The van der Waals surface area contributed by atoms with Gasteiger partial charge >= 0.3 is 6.55 Å². The number of halogens is 2. The second kappa shape index (κ2) is 9.10. The fourth-order valence-electron chi connectivity index (χ4n) is 3.80. The van der Waals surface area contributed by atoms with E-state index in [2.05, 4.69) is 42.2 Å². The van der Waals surface area contributed by atoms with Gasteiger partial charge in [0.1, 0.15) is 5.82 Å². The van der Waals surface area contributed by atoms with Crippen molar-refractivity contribution in [3.8, 4) is 11.1 Å². The summed E-state index contributed by atoms with van der Waals surface area (Å²) in [6.45, 7) is 0.868. The van der Waals surface area contributed by atoms with Gasteiger partial charge in [0, 0.05) is 61.3 Å². The molecule has 0 unspecified atom stereocenters. The van der Waals surface area contributed by atoms with Crippen molar-refractivity contribution in [1.29, 1.82) is 0 Å². The first-order valence-electron chi connectivity index (χ1n) is 10.8. The maximum atomic E-state index is 12.9. The van der Waals surface area contributed by atoms with Crippen molar-refractivity contribution in [3.63, 3.8) is 0 Å². The normalized spacial score (nSPS) is 14.6. The summed E-state index contributed by atoms with van der Waals surface area (Å²) < 4.78 is 26.3. The Morgan fingerprint density at radius 3 is 2.62 bits per heavy atom. The first-order chi connectivity index (χ1) is 16.5. The van der Waals surface area contributed by atoms with Crippen molar-refractivity contribution < 1.29 is 13.6 Å². The van der Waals surface area contributed by atoms with E-state index < -0.39 is 6.55 Å². The molecule has 0 bridgehead atoms. The molecule has 5 rings (SSSR count). The van der Waals surface area contributed by atoms with E-state index >= 15 is 0 Å². The minimum absolute atomic E-state index is 0.149. The van der Waals surface area contributed by atoms with Crippen LogP contribution in [0.25, 0.3) is 22.0 Å². The number of rotatable bonds is 5. The molecule has 34 heavy (non-hydrogen) atoms. The summed E-state index contributed by atoms with van der Waals surface area (Å²) in [5.41, 5.74) is 2.25. The van der Waals surface area contributed by atoms with Gasteiger partial charge in [-0.15, -0.1) is 0 Å². The van der Waals surface area contributed by atoms with Crippen LogP contribution in [-0.2, 0) is 0 Å². The lowest BCUT2D eigenvalue weighted by Crippen LogP contribution is -2.44. The molecule has 1 saturated heterocycles. The summed E-state index contributed by atoms with van der Waals surface area (Å²) >= 11 is 0. The van der Waals surface area contributed by atoms with Gasteiger partial charge in [-0.05, 0) is 30.8 Å². The summed E-state index contributed by atoms with van der Waals surface area (Å²) in [4.78, 5) is 30.4. The Morgan fingerprint density at radius 2 is 1.85 bits per heavy atom. The van der Waals surface area contributed by atoms with E-state index in [9.17, 15) is 13.6 Å². The van der Waals surface area contributed by atoms with Crippen molar-refractivity contribution in [2.45, 2.75) is 6.55 Å². The number of nitrogens with one attached hydrogen (secondary N) is 1. The Bertz CT molecular complexity index is 1330. The fourth-order valence-corrected chi connectivity index (χ4v) is 3.80. The molecule has 1 N–H and O–H groups in total. The van der Waals surface area contributed by atoms with Crippen LogP contribution in [-0.4, -0.2) is 68.8 Å². The first-order valence-corrected chi connectivity index (χ1v) is 10.8. The van der Waals surface area contributed by atoms with Gasteiger partial charge in [0.2, 0.25) is 5.95 Å². The minimum Gasteiger partial charge on any atom is -0.354 e. The van der Waals surface area contributed by atoms with Crippen LogP contribution in [0.4, 0.5) is 20.5 Å². The molecular weight excluding hydrogens is 442 g/mol. The van der Waals surface area contributed by atoms with Gasteiger partial charge in [-0.1, -0.05) is 12.1 Å². The smallest absolute Gasteiger partial charge is 0.333 e. The van der Waals surface area contributed by atoms with Crippen molar-refractivity contribution in [1.82, 2.24) is 29.6 Å². The van der Waals surface area contributed by atoms with E-state index in [1.54, 1.807) is 42.7 Å². The molecule has 1 aromatic carbocycles. The number of hydrogen-bond donors (Lipinski definition) is 1. The molecule has 11 heteroatoms. The molecule has 0 radical (unpaired) electrons. The van der Waals surface area contributed by atoms with Gasteiger partial charge in [0.25, 0.3) is 5.91 Å². The maximum absolute atomic E-state index is 12.9. The van der Waals surface area contributed by atoms with Crippen molar-refractivity contribution in [3.05, 3.63) is 60.7 Å². The lowest BCUT2D eigenvalue weighted by molar-refractivity contribution is 0.0566. The zero-order chi connectivity index (χ0) is 23.7. The van der Waals surface area contributed by atoms with E-state index in [-0.39, 0.29) is 11.9 Å². The Labute approximate surface area is 194 Å². The third kappa shape index (κ3) is 4.55. The predicted molar refractivity (Wildman–Crippen MR) is 124 cm³/mol. The SMILES string of the molecule is CN1CCN(c2cc(C(=O)Nc3ncc4ccc(-c5cnn(C(F)F)c5)cc4n3)ccn2)CC1. The number of carbonyl (C=O) groups excluding carboxylic acids is 1. The predicted octanol–water partition coefficient (Wildman–Crippen LogP) is 3.29. The summed E-state index contributed by atoms with van der Waals surface area (Å²) in [6.07, 6.45) is 5.87. The lowest BCUT2D eigenvalue weighted by Gasteiger charge is -2.33. The molecule has 0 saturated carbocycles. The van der Waals surface area contributed by atoms with Gasteiger partial charge in [-0.2, -0.15) is 13.9 Å². The molecule has 1 fully saturated rings. The standard InChI is InChI=1S/C23H22F2N8O/c1-31-6-8-32(9-7-31)20-11-16(4-5-26-20)21(34)30-23-27-12-17-3-2-15(10-19(17)29-23)18-13-28-33(14-18)22(24)25/h2-5,10-14,22H,6-9H2,1H3,(H,27,29,30,34). The van der Waals surface area contributed by atoms with Crippen LogP contribution >= 0.6 is 0 Å². The second-order valence-electron chi connectivity index (χ2n) is 8.10. The zero-order valence-electron chi connectivity index (χ0n) is 18.4. The monoisotopic (exact) mass is 464 g/mol. The van der Waals surface area contributed by atoms with Crippen LogP contribution in [0, 0.1) is 0 Å². The molecule has 174 valence electrons. The van der Waals surface area contributed by atoms with Gasteiger partial charge in [0.05, 0.1) is 11.7 Å². The quantitative estimate of drug-likeness (QED) is 0.485. The topological polar surface area (TPSA) is 92.1 Å². The highest BCUT2D eigenvalue weighted by Crippen LogP contribution is 2.25. The van der Waals surface area contributed by atoms with Gasteiger partial charge < -0.3 is 9.80 Å². The summed E-state index contributed by atoms with van der Waals surface area (Å²) in [7, 11) is 2.08. The number of carbonyl (C=O) groups is 1. The number of fused-ring (bicyclic) bond motifs is 1. The third-order valence-electron chi connectivity index (χ3n) is 5.78. The van der Waals surface area contributed by atoms with E-state index in [4.69, 9.17) is 0 Å². The van der Waals surface area contributed by atoms with E-state index in [1.807, 2.05) is 0 Å². The van der Waals surface area contributed by atoms with Crippen molar-refractivity contribution in [2.24, 2.45) is 0 Å². The average Bonchev–Trinajstić information content (AvgIpc) is 3.35. The molecule has 4 heterocycles. The molecule has 0 atom stereocenters. The number of benzene rings is 1. The van der Waals surface area contributed by atoms with E-state index in [0.717, 1.165) is 37.4 Å². The molecule has 1 aliphatic rings. The average molecular weight is 464 g/mol. The summed E-state index contributed by atoms with van der Waals surface area (Å²) in [5.74, 6) is 0.566. The molecule has 9 nitrogen and oxygen atoms in total. The number of alkyl halides is 2. The number of hydrogen-bond acceptors (Lipinski definition) is 7. The van der Waals surface area contributed by atoms with E-state index in [1.165, 1.54) is 12.4 Å². The number of likely N-dealkylation sites (N-methyl/N-ethyl adjacent to an activating group) is 1. The minimum atomic E-state index is -2.71. The Balaban J connectivity index is 1.35.